The number of benzene rings is 1. The zero-order chi connectivity index (χ0) is 13.8. The summed E-state index contributed by atoms with van der Waals surface area (Å²) in [5.41, 5.74) is 2.80. The fourth-order valence-corrected chi connectivity index (χ4v) is 2.36. The Morgan fingerprint density at radius 2 is 2.21 bits per heavy atom. The highest BCUT2D eigenvalue weighted by molar-refractivity contribution is 7.09. The molecule has 0 saturated heterocycles. The lowest BCUT2D eigenvalue weighted by Gasteiger charge is -2.08. The van der Waals surface area contributed by atoms with Gasteiger partial charge >= 0.3 is 5.97 Å². The van der Waals surface area contributed by atoms with E-state index in [1.165, 1.54) is 11.3 Å². The van der Waals surface area contributed by atoms with E-state index < -0.39 is 5.97 Å². The van der Waals surface area contributed by atoms with Crippen LogP contribution in [0.1, 0.15) is 21.8 Å². The number of ether oxygens (including phenoxy) is 1. The molecular weight excluding hydrogens is 262 g/mol. The molecule has 0 aliphatic rings. The van der Waals surface area contributed by atoms with E-state index in [-0.39, 0.29) is 6.42 Å². The molecule has 1 aromatic heterocycles. The Bertz CT molecular complexity index is 592. The first-order chi connectivity index (χ1) is 9.04. The first-order valence-corrected chi connectivity index (χ1v) is 6.77. The zero-order valence-corrected chi connectivity index (χ0v) is 11.7. The van der Waals surface area contributed by atoms with Crippen molar-refractivity contribution in [3.63, 3.8) is 0 Å². The predicted molar refractivity (Wildman–Crippen MR) is 73.7 cm³/mol. The number of nitrogens with zero attached hydrogens (tertiary/aromatic N) is 1. The molecule has 0 aliphatic carbocycles. The van der Waals surface area contributed by atoms with E-state index in [2.05, 4.69) is 4.98 Å². The number of hydrogen-bond donors (Lipinski definition) is 1. The first kappa shape index (κ1) is 13.5. The molecule has 4 nitrogen and oxygen atoms in total. The van der Waals surface area contributed by atoms with Crippen LogP contribution in [-0.4, -0.2) is 16.1 Å². The van der Waals surface area contributed by atoms with Crippen molar-refractivity contribution in [2.75, 3.05) is 0 Å². The third-order valence-electron chi connectivity index (χ3n) is 2.63. The summed E-state index contributed by atoms with van der Waals surface area (Å²) in [6.45, 7) is 4.38. The molecule has 2 aromatic rings. The van der Waals surface area contributed by atoms with Gasteiger partial charge in [-0.05, 0) is 31.0 Å². The van der Waals surface area contributed by atoms with Crippen molar-refractivity contribution in [3.8, 4) is 5.75 Å². The fourth-order valence-electron chi connectivity index (χ4n) is 1.65. The van der Waals surface area contributed by atoms with E-state index in [1.807, 2.05) is 32.0 Å². The molecule has 1 N–H and O–H groups in total. The van der Waals surface area contributed by atoms with Crippen LogP contribution in [0.15, 0.2) is 23.6 Å². The van der Waals surface area contributed by atoms with Crippen molar-refractivity contribution in [3.05, 3.63) is 45.4 Å². The number of carbonyl (C=O) groups is 1. The number of aliphatic carboxylic acids is 1. The van der Waals surface area contributed by atoms with E-state index in [1.54, 1.807) is 5.38 Å². The highest BCUT2D eigenvalue weighted by Crippen LogP contribution is 2.21. The lowest BCUT2D eigenvalue weighted by molar-refractivity contribution is -0.136. The van der Waals surface area contributed by atoms with Crippen LogP contribution in [0.4, 0.5) is 0 Å². The van der Waals surface area contributed by atoms with Crippen molar-refractivity contribution < 1.29 is 14.6 Å². The standard InChI is InChI=1S/C14H15NO3S/c1-9-3-4-10(2)12(5-9)18-7-13-15-11(8-19-13)6-14(16)17/h3-5,8H,6-7H2,1-2H3,(H,16,17). The summed E-state index contributed by atoms with van der Waals surface area (Å²) in [5, 5.41) is 11.2. The fraction of sp³-hybridized carbons (Fsp3) is 0.286. The van der Waals surface area contributed by atoms with E-state index in [4.69, 9.17) is 9.84 Å². The summed E-state index contributed by atoms with van der Waals surface area (Å²) < 4.78 is 5.72. The first-order valence-electron chi connectivity index (χ1n) is 5.89. The SMILES string of the molecule is Cc1ccc(C)c(OCc2nc(CC(=O)O)cs2)c1. The lowest BCUT2D eigenvalue weighted by atomic mass is 10.1. The smallest absolute Gasteiger partial charge is 0.309 e. The molecule has 2 rings (SSSR count). The number of carboxylic acids is 1. The van der Waals surface area contributed by atoms with Crippen LogP contribution in [0, 0.1) is 13.8 Å². The van der Waals surface area contributed by atoms with Gasteiger partial charge in [0.1, 0.15) is 17.4 Å². The van der Waals surface area contributed by atoms with Crippen LogP contribution in [0.25, 0.3) is 0 Å². The number of rotatable bonds is 5. The summed E-state index contributed by atoms with van der Waals surface area (Å²) in [6, 6.07) is 6.04. The van der Waals surface area contributed by atoms with Gasteiger partial charge < -0.3 is 9.84 Å². The van der Waals surface area contributed by atoms with Crippen LogP contribution in [0.5, 0.6) is 5.75 Å². The molecule has 0 unspecified atom stereocenters. The Morgan fingerprint density at radius 1 is 1.42 bits per heavy atom. The highest BCUT2D eigenvalue weighted by atomic mass is 32.1. The Balaban J connectivity index is 2.00. The minimum atomic E-state index is -0.868. The summed E-state index contributed by atoms with van der Waals surface area (Å²) in [6.07, 6.45) is -0.0417. The van der Waals surface area contributed by atoms with Gasteiger partial charge in [0.05, 0.1) is 12.1 Å². The van der Waals surface area contributed by atoms with E-state index in [9.17, 15) is 4.79 Å². The third-order valence-corrected chi connectivity index (χ3v) is 3.50. The number of hydrogen-bond acceptors (Lipinski definition) is 4. The van der Waals surface area contributed by atoms with Gasteiger partial charge in [0.25, 0.3) is 0 Å². The minimum absolute atomic E-state index is 0.0417. The Hall–Kier alpha value is -1.88. The molecular formula is C14H15NO3S. The molecule has 0 bridgehead atoms. The molecule has 5 heteroatoms. The molecule has 0 amide bonds. The molecule has 0 saturated carbocycles. The predicted octanol–water partition coefficient (Wildman–Crippen LogP) is 2.97. The van der Waals surface area contributed by atoms with Gasteiger partial charge in [-0.1, -0.05) is 12.1 Å². The van der Waals surface area contributed by atoms with Crippen molar-refractivity contribution in [2.24, 2.45) is 0 Å². The van der Waals surface area contributed by atoms with Gasteiger partial charge in [-0.2, -0.15) is 0 Å². The summed E-state index contributed by atoms with van der Waals surface area (Å²) in [4.78, 5) is 14.8. The molecule has 19 heavy (non-hydrogen) atoms. The summed E-state index contributed by atoms with van der Waals surface area (Å²) >= 11 is 1.42. The minimum Gasteiger partial charge on any atom is -0.486 e. The molecule has 0 atom stereocenters. The van der Waals surface area contributed by atoms with Gasteiger partial charge in [0.2, 0.25) is 0 Å². The topological polar surface area (TPSA) is 59.4 Å². The molecule has 1 heterocycles. The maximum Gasteiger partial charge on any atom is 0.309 e. The van der Waals surface area contributed by atoms with Crippen molar-refractivity contribution in [2.45, 2.75) is 26.9 Å². The normalized spacial score (nSPS) is 10.4. The Kier molecular flexibility index (Phi) is 4.16. The number of aromatic nitrogens is 1. The number of aryl methyl sites for hydroxylation is 2. The number of thiazole rings is 1. The zero-order valence-electron chi connectivity index (χ0n) is 10.8. The Morgan fingerprint density at radius 3 is 2.95 bits per heavy atom. The molecule has 0 spiro atoms. The van der Waals surface area contributed by atoms with Crippen molar-refractivity contribution >= 4 is 17.3 Å². The third kappa shape index (κ3) is 3.79. The van der Waals surface area contributed by atoms with E-state index in [0.29, 0.717) is 12.3 Å². The largest absolute Gasteiger partial charge is 0.486 e. The van der Waals surface area contributed by atoms with Crippen LogP contribution < -0.4 is 4.74 Å². The molecule has 100 valence electrons. The monoisotopic (exact) mass is 277 g/mol. The average molecular weight is 277 g/mol. The maximum atomic E-state index is 10.6. The van der Waals surface area contributed by atoms with Crippen LogP contribution in [-0.2, 0) is 17.8 Å². The summed E-state index contributed by atoms with van der Waals surface area (Å²) in [5.74, 6) is -0.0257. The van der Waals surface area contributed by atoms with E-state index in [0.717, 1.165) is 21.9 Å². The quantitative estimate of drug-likeness (QED) is 0.912. The highest BCUT2D eigenvalue weighted by Gasteiger charge is 2.07. The molecule has 0 fully saturated rings. The second-order valence-electron chi connectivity index (χ2n) is 4.36. The molecule has 0 radical (unpaired) electrons. The maximum absolute atomic E-state index is 10.6. The van der Waals surface area contributed by atoms with Crippen LogP contribution in [0.3, 0.4) is 0 Å². The summed E-state index contributed by atoms with van der Waals surface area (Å²) in [7, 11) is 0. The van der Waals surface area contributed by atoms with Crippen LogP contribution >= 0.6 is 11.3 Å². The average Bonchev–Trinajstić information content (AvgIpc) is 2.77. The number of carboxylic acid groups (broad SMARTS) is 1. The molecule has 0 aliphatic heterocycles. The van der Waals surface area contributed by atoms with Gasteiger partial charge in [-0.15, -0.1) is 11.3 Å². The van der Waals surface area contributed by atoms with Gasteiger partial charge in [0.15, 0.2) is 0 Å². The Labute approximate surface area is 115 Å². The van der Waals surface area contributed by atoms with Gasteiger partial charge in [-0.3, -0.25) is 4.79 Å². The lowest BCUT2D eigenvalue weighted by Crippen LogP contribution is -2.01. The molecule has 1 aromatic carbocycles. The van der Waals surface area contributed by atoms with Crippen molar-refractivity contribution in [1.82, 2.24) is 4.98 Å². The van der Waals surface area contributed by atoms with Crippen molar-refractivity contribution in [1.29, 1.82) is 0 Å². The van der Waals surface area contributed by atoms with Crippen LogP contribution in [0.2, 0.25) is 0 Å². The van der Waals surface area contributed by atoms with Gasteiger partial charge in [-0.25, -0.2) is 4.98 Å². The second kappa shape index (κ2) is 5.84. The van der Waals surface area contributed by atoms with E-state index >= 15 is 0 Å². The second-order valence-corrected chi connectivity index (χ2v) is 5.30. The van der Waals surface area contributed by atoms with Gasteiger partial charge in [0, 0.05) is 5.38 Å².